The Morgan fingerprint density at radius 2 is 1.65 bits per heavy atom. The SMILES string of the molecule is CNC1CCCCC1CN1CCN(CCN(C)C)CC1. The molecule has 2 fully saturated rings. The van der Waals surface area contributed by atoms with Gasteiger partial charge in [0.15, 0.2) is 0 Å². The molecule has 1 aliphatic carbocycles. The molecule has 0 aromatic carbocycles. The summed E-state index contributed by atoms with van der Waals surface area (Å²) in [6.07, 6.45) is 5.66. The summed E-state index contributed by atoms with van der Waals surface area (Å²) >= 11 is 0. The summed E-state index contributed by atoms with van der Waals surface area (Å²) in [5.41, 5.74) is 0. The molecule has 1 aliphatic heterocycles. The van der Waals surface area contributed by atoms with Crippen molar-refractivity contribution in [3.05, 3.63) is 0 Å². The Balaban J connectivity index is 1.68. The summed E-state index contributed by atoms with van der Waals surface area (Å²) in [6, 6.07) is 0.760. The molecule has 0 aromatic rings. The van der Waals surface area contributed by atoms with Crippen LogP contribution in [0.3, 0.4) is 0 Å². The maximum absolute atomic E-state index is 3.54. The van der Waals surface area contributed by atoms with E-state index in [0.717, 1.165) is 12.0 Å². The van der Waals surface area contributed by atoms with Gasteiger partial charge in [-0.1, -0.05) is 12.8 Å². The number of nitrogens with zero attached hydrogens (tertiary/aromatic N) is 3. The van der Waals surface area contributed by atoms with Crippen molar-refractivity contribution in [2.45, 2.75) is 31.7 Å². The average molecular weight is 282 g/mol. The van der Waals surface area contributed by atoms with Gasteiger partial charge in [0.2, 0.25) is 0 Å². The Kier molecular flexibility index (Phi) is 6.75. The first-order valence-electron chi connectivity index (χ1n) is 8.45. The third-order valence-electron chi connectivity index (χ3n) is 5.10. The van der Waals surface area contributed by atoms with Crippen molar-refractivity contribution in [1.82, 2.24) is 20.0 Å². The van der Waals surface area contributed by atoms with E-state index in [1.807, 2.05) is 0 Å². The third-order valence-corrected chi connectivity index (χ3v) is 5.10. The van der Waals surface area contributed by atoms with Crippen molar-refractivity contribution in [2.24, 2.45) is 5.92 Å². The second-order valence-corrected chi connectivity index (χ2v) is 6.89. The molecule has 0 amide bonds. The molecule has 1 heterocycles. The number of hydrogen-bond donors (Lipinski definition) is 1. The molecule has 0 aromatic heterocycles. The quantitative estimate of drug-likeness (QED) is 0.783. The van der Waals surface area contributed by atoms with Crippen molar-refractivity contribution >= 4 is 0 Å². The highest BCUT2D eigenvalue weighted by molar-refractivity contribution is 4.84. The maximum atomic E-state index is 3.54. The molecule has 118 valence electrons. The maximum Gasteiger partial charge on any atom is 0.0110 e. The highest BCUT2D eigenvalue weighted by atomic mass is 15.3. The van der Waals surface area contributed by atoms with Crippen LogP contribution in [-0.2, 0) is 0 Å². The van der Waals surface area contributed by atoms with Crippen LogP contribution < -0.4 is 5.32 Å². The summed E-state index contributed by atoms with van der Waals surface area (Å²) in [5.74, 6) is 0.877. The van der Waals surface area contributed by atoms with Gasteiger partial charge in [0.25, 0.3) is 0 Å². The van der Waals surface area contributed by atoms with E-state index in [0.29, 0.717) is 0 Å². The number of piperazine rings is 1. The zero-order valence-corrected chi connectivity index (χ0v) is 13.8. The highest BCUT2D eigenvalue weighted by Crippen LogP contribution is 2.25. The minimum absolute atomic E-state index is 0.760. The topological polar surface area (TPSA) is 21.8 Å². The molecule has 1 N–H and O–H groups in total. The van der Waals surface area contributed by atoms with Crippen LogP contribution in [-0.4, -0.2) is 87.7 Å². The Morgan fingerprint density at radius 3 is 2.30 bits per heavy atom. The Morgan fingerprint density at radius 1 is 1.00 bits per heavy atom. The number of rotatable bonds is 6. The lowest BCUT2D eigenvalue weighted by molar-refractivity contribution is 0.0965. The van der Waals surface area contributed by atoms with Gasteiger partial charge < -0.3 is 15.1 Å². The zero-order valence-electron chi connectivity index (χ0n) is 13.8. The van der Waals surface area contributed by atoms with Crippen LogP contribution in [0.25, 0.3) is 0 Å². The van der Waals surface area contributed by atoms with Crippen LogP contribution in [0, 0.1) is 5.92 Å². The fourth-order valence-electron chi connectivity index (χ4n) is 3.67. The van der Waals surface area contributed by atoms with Gasteiger partial charge in [-0.05, 0) is 39.9 Å². The van der Waals surface area contributed by atoms with E-state index in [9.17, 15) is 0 Å². The number of hydrogen-bond acceptors (Lipinski definition) is 4. The molecule has 0 radical (unpaired) electrons. The van der Waals surface area contributed by atoms with E-state index in [1.54, 1.807) is 0 Å². The number of likely N-dealkylation sites (N-methyl/N-ethyl adjacent to an activating group) is 1. The monoisotopic (exact) mass is 282 g/mol. The normalized spacial score (nSPS) is 30.0. The largest absolute Gasteiger partial charge is 0.317 e. The summed E-state index contributed by atoms with van der Waals surface area (Å²) in [4.78, 5) is 7.60. The summed E-state index contributed by atoms with van der Waals surface area (Å²) in [5, 5.41) is 3.54. The first-order valence-corrected chi connectivity index (χ1v) is 8.45. The van der Waals surface area contributed by atoms with Crippen LogP contribution >= 0.6 is 0 Å². The van der Waals surface area contributed by atoms with Crippen LogP contribution in [0.4, 0.5) is 0 Å². The van der Waals surface area contributed by atoms with E-state index in [4.69, 9.17) is 0 Å². The third kappa shape index (κ3) is 4.99. The van der Waals surface area contributed by atoms with E-state index < -0.39 is 0 Å². The molecule has 20 heavy (non-hydrogen) atoms. The smallest absolute Gasteiger partial charge is 0.0110 e. The standard InChI is InChI=1S/C16H34N4/c1-17-16-7-5-4-6-15(16)14-20-12-10-19(11-13-20)9-8-18(2)3/h15-17H,4-14H2,1-3H3. The lowest BCUT2D eigenvalue weighted by Crippen LogP contribution is -2.51. The van der Waals surface area contributed by atoms with Gasteiger partial charge in [0, 0.05) is 51.9 Å². The fourth-order valence-corrected chi connectivity index (χ4v) is 3.67. The fraction of sp³-hybridized carbons (Fsp3) is 1.00. The van der Waals surface area contributed by atoms with Crippen LogP contribution in [0.15, 0.2) is 0 Å². The van der Waals surface area contributed by atoms with Gasteiger partial charge in [-0.25, -0.2) is 0 Å². The Labute approximate surface area is 125 Å². The second-order valence-electron chi connectivity index (χ2n) is 6.89. The average Bonchev–Trinajstić information content (AvgIpc) is 2.47. The summed E-state index contributed by atoms with van der Waals surface area (Å²) < 4.78 is 0. The molecule has 2 atom stereocenters. The van der Waals surface area contributed by atoms with E-state index in [2.05, 4.69) is 41.2 Å². The predicted molar refractivity (Wildman–Crippen MR) is 86.2 cm³/mol. The molecule has 2 aliphatic rings. The van der Waals surface area contributed by atoms with Gasteiger partial charge in [0.05, 0.1) is 0 Å². The molecule has 0 bridgehead atoms. The van der Waals surface area contributed by atoms with Crippen LogP contribution in [0.2, 0.25) is 0 Å². The molecule has 4 nitrogen and oxygen atoms in total. The highest BCUT2D eigenvalue weighted by Gasteiger charge is 2.27. The molecule has 2 rings (SSSR count). The van der Waals surface area contributed by atoms with Gasteiger partial charge in [-0.3, -0.25) is 4.90 Å². The first kappa shape index (κ1) is 16.2. The second kappa shape index (κ2) is 8.32. The Bertz CT molecular complexity index is 261. The minimum Gasteiger partial charge on any atom is -0.317 e. The minimum atomic E-state index is 0.760. The molecule has 1 saturated heterocycles. The van der Waals surface area contributed by atoms with Crippen LogP contribution in [0.1, 0.15) is 25.7 Å². The van der Waals surface area contributed by atoms with Crippen molar-refractivity contribution in [2.75, 3.05) is 67.0 Å². The van der Waals surface area contributed by atoms with Crippen molar-refractivity contribution in [3.63, 3.8) is 0 Å². The lowest BCUT2D eigenvalue weighted by Gasteiger charge is -2.39. The van der Waals surface area contributed by atoms with Gasteiger partial charge >= 0.3 is 0 Å². The van der Waals surface area contributed by atoms with E-state index >= 15 is 0 Å². The molecule has 0 spiro atoms. The van der Waals surface area contributed by atoms with Crippen molar-refractivity contribution in [3.8, 4) is 0 Å². The molecular weight excluding hydrogens is 248 g/mol. The number of nitrogens with one attached hydrogen (secondary N) is 1. The van der Waals surface area contributed by atoms with Gasteiger partial charge in [-0.2, -0.15) is 0 Å². The molecule has 2 unspecified atom stereocenters. The molecule has 4 heteroatoms. The summed E-state index contributed by atoms with van der Waals surface area (Å²) in [7, 11) is 6.47. The molecule has 1 saturated carbocycles. The van der Waals surface area contributed by atoms with Gasteiger partial charge in [0.1, 0.15) is 0 Å². The van der Waals surface area contributed by atoms with Gasteiger partial charge in [-0.15, -0.1) is 0 Å². The van der Waals surface area contributed by atoms with Crippen molar-refractivity contribution < 1.29 is 0 Å². The first-order chi connectivity index (χ1) is 9.69. The zero-order chi connectivity index (χ0) is 14.4. The Hall–Kier alpha value is -0.160. The van der Waals surface area contributed by atoms with E-state index in [-0.39, 0.29) is 0 Å². The van der Waals surface area contributed by atoms with Crippen LogP contribution in [0.5, 0.6) is 0 Å². The lowest BCUT2D eigenvalue weighted by atomic mass is 9.84. The van der Waals surface area contributed by atoms with E-state index in [1.165, 1.54) is 71.5 Å². The predicted octanol–water partition coefficient (Wildman–Crippen LogP) is 0.944. The van der Waals surface area contributed by atoms with Crippen molar-refractivity contribution in [1.29, 1.82) is 0 Å². The molecular formula is C16H34N4. The summed E-state index contributed by atoms with van der Waals surface area (Å²) in [6.45, 7) is 8.76.